The molecule has 1 heterocycles. The summed E-state index contributed by atoms with van der Waals surface area (Å²) < 4.78 is 1.25. The number of nitrogens with zero attached hydrogens (tertiary/aromatic N) is 2. The van der Waals surface area contributed by atoms with Gasteiger partial charge in [0.2, 0.25) is 5.91 Å². The molecule has 0 aliphatic carbocycles. The molecule has 0 fully saturated rings. The fourth-order valence-electron chi connectivity index (χ4n) is 2.58. The van der Waals surface area contributed by atoms with Crippen molar-refractivity contribution < 1.29 is 4.79 Å². The number of halogens is 2. The number of aryl methyl sites for hydroxylation is 1. The van der Waals surface area contributed by atoms with E-state index in [1.165, 1.54) is 4.68 Å². The van der Waals surface area contributed by atoms with Gasteiger partial charge in [-0.3, -0.25) is 9.59 Å². The van der Waals surface area contributed by atoms with Gasteiger partial charge in [-0.05, 0) is 23.8 Å². The first-order valence-corrected chi connectivity index (χ1v) is 8.37. The zero-order chi connectivity index (χ0) is 18.0. The van der Waals surface area contributed by atoms with E-state index in [9.17, 15) is 9.59 Å². The predicted molar refractivity (Wildman–Crippen MR) is 99.0 cm³/mol. The van der Waals surface area contributed by atoms with Gasteiger partial charge in [-0.25, -0.2) is 4.68 Å². The van der Waals surface area contributed by atoms with Crippen molar-refractivity contribution >= 4 is 39.9 Å². The number of rotatable bonds is 4. The first-order valence-electron chi connectivity index (χ1n) is 7.61. The third-order valence-electron chi connectivity index (χ3n) is 3.85. The molecular weight excluding hydrogens is 361 g/mol. The lowest BCUT2D eigenvalue weighted by molar-refractivity contribution is -0.120. The molecular formula is C18H15Cl2N3O2. The van der Waals surface area contributed by atoms with E-state index in [2.05, 4.69) is 10.4 Å². The fourth-order valence-corrected chi connectivity index (χ4v) is 3.06. The third-order valence-corrected chi connectivity index (χ3v) is 4.44. The Kier molecular flexibility index (Phi) is 5.06. The Morgan fingerprint density at radius 3 is 2.60 bits per heavy atom. The Labute approximate surface area is 154 Å². The predicted octanol–water partition coefficient (Wildman–Crippen LogP) is 3.10. The third kappa shape index (κ3) is 3.83. The summed E-state index contributed by atoms with van der Waals surface area (Å²) >= 11 is 12.0. The van der Waals surface area contributed by atoms with Gasteiger partial charge in [0.05, 0.1) is 17.5 Å². The highest BCUT2D eigenvalue weighted by Crippen LogP contribution is 2.20. The number of aromatic nitrogens is 2. The number of carbonyl (C=O) groups excluding carboxylic acids is 1. The Morgan fingerprint density at radius 1 is 1.16 bits per heavy atom. The highest BCUT2D eigenvalue weighted by Gasteiger charge is 2.12. The lowest BCUT2D eigenvalue weighted by atomic mass is 10.1. The molecule has 25 heavy (non-hydrogen) atoms. The summed E-state index contributed by atoms with van der Waals surface area (Å²) in [6, 6.07) is 12.2. The van der Waals surface area contributed by atoms with Crippen LogP contribution in [-0.4, -0.2) is 15.7 Å². The standard InChI is InChI=1S/C18H15Cl2N3O2/c1-23-18(25)14-5-3-2-4-13(14)16(22-23)9-17(24)21-10-11-6-7-12(19)8-15(11)20/h2-8H,9-10H2,1H3,(H,21,24). The normalized spacial score (nSPS) is 10.8. The molecule has 0 aliphatic heterocycles. The van der Waals surface area contributed by atoms with Crippen molar-refractivity contribution in [1.82, 2.24) is 15.1 Å². The van der Waals surface area contributed by atoms with Crippen LogP contribution < -0.4 is 10.9 Å². The second kappa shape index (κ2) is 7.25. The van der Waals surface area contributed by atoms with Crippen LogP contribution in [0.25, 0.3) is 10.8 Å². The maximum Gasteiger partial charge on any atom is 0.274 e. The molecule has 0 spiro atoms. The van der Waals surface area contributed by atoms with E-state index in [1.54, 1.807) is 43.4 Å². The highest BCUT2D eigenvalue weighted by atomic mass is 35.5. The van der Waals surface area contributed by atoms with Crippen molar-refractivity contribution in [2.45, 2.75) is 13.0 Å². The van der Waals surface area contributed by atoms with Gasteiger partial charge in [0, 0.05) is 29.0 Å². The van der Waals surface area contributed by atoms with Gasteiger partial charge in [0.25, 0.3) is 5.56 Å². The monoisotopic (exact) mass is 375 g/mol. The highest BCUT2D eigenvalue weighted by molar-refractivity contribution is 6.35. The molecule has 0 aliphatic rings. The number of carbonyl (C=O) groups is 1. The summed E-state index contributed by atoms with van der Waals surface area (Å²) in [4.78, 5) is 24.4. The molecule has 1 amide bonds. The molecule has 0 unspecified atom stereocenters. The number of hydrogen-bond acceptors (Lipinski definition) is 3. The van der Waals surface area contributed by atoms with Crippen LogP contribution in [0.2, 0.25) is 10.0 Å². The molecule has 128 valence electrons. The molecule has 7 heteroatoms. The molecule has 3 aromatic rings. The summed E-state index contributed by atoms with van der Waals surface area (Å²) in [5.74, 6) is -0.206. The first-order chi connectivity index (χ1) is 12.0. The molecule has 2 aromatic carbocycles. The average Bonchev–Trinajstić information content (AvgIpc) is 2.59. The lowest BCUT2D eigenvalue weighted by Crippen LogP contribution is -2.27. The Balaban J connectivity index is 1.78. The Bertz CT molecular complexity index is 1010. The van der Waals surface area contributed by atoms with Gasteiger partial charge < -0.3 is 5.32 Å². The smallest absolute Gasteiger partial charge is 0.274 e. The van der Waals surface area contributed by atoms with Crippen LogP contribution in [0.5, 0.6) is 0 Å². The molecule has 5 nitrogen and oxygen atoms in total. The van der Waals surface area contributed by atoms with Crippen LogP contribution in [0, 0.1) is 0 Å². The molecule has 0 atom stereocenters. The van der Waals surface area contributed by atoms with Crippen molar-refractivity contribution in [2.75, 3.05) is 0 Å². The van der Waals surface area contributed by atoms with Crippen molar-refractivity contribution in [1.29, 1.82) is 0 Å². The van der Waals surface area contributed by atoms with Crippen LogP contribution in [-0.2, 0) is 24.8 Å². The Morgan fingerprint density at radius 2 is 1.88 bits per heavy atom. The number of benzene rings is 2. The summed E-state index contributed by atoms with van der Waals surface area (Å²) in [5, 5.41) is 9.31. The zero-order valence-corrected chi connectivity index (χ0v) is 14.9. The summed E-state index contributed by atoms with van der Waals surface area (Å²) in [6.07, 6.45) is 0.0693. The van der Waals surface area contributed by atoms with E-state index >= 15 is 0 Å². The van der Waals surface area contributed by atoms with Gasteiger partial charge in [0.15, 0.2) is 0 Å². The second-order valence-electron chi connectivity index (χ2n) is 5.61. The minimum absolute atomic E-state index is 0.0693. The minimum Gasteiger partial charge on any atom is -0.352 e. The molecule has 1 aromatic heterocycles. The SMILES string of the molecule is Cn1nc(CC(=O)NCc2ccc(Cl)cc2Cl)c2ccccc2c1=O. The van der Waals surface area contributed by atoms with E-state index in [0.717, 1.165) is 5.56 Å². The van der Waals surface area contributed by atoms with Crippen LogP contribution in [0.4, 0.5) is 0 Å². The summed E-state index contributed by atoms with van der Waals surface area (Å²) in [5.41, 5.74) is 1.14. The maximum atomic E-state index is 12.3. The van der Waals surface area contributed by atoms with Gasteiger partial charge in [-0.2, -0.15) is 5.10 Å². The van der Waals surface area contributed by atoms with Crippen molar-refractivity contribution in [3.63, 3.8) is 0 Å². The fraction of sp³-hybridized carbons (Fsp3) is 0.167. The molecule has 0 radical (unpaired) electrons. The molecule has 0 bridgehead atoms. The van der Waals surface area contributed by atoms with E-state index < -0.39 is 0 Å². The number of nitrogens with one attached hydrogen (secondary N) is 1. The van der Waals surface area contributed by atoms with Crippen LogP contribution in [0.15, 0.2) is 47.3 Å². The van der Waals surface area contributed by atoms with E-state index in [1.807, 2.05) is 6.07 Å². The molecule has 0 saturated carbocycles. The van der Waals surface area contributed by atoms with E-state index in [4.69, 9.17) is 23.2 Å². The minimum atomic E-state index is -0.206. The largest absolute Gasteiger partial charge is 0.352 e. The second-order valence-corrected chi connectivity index (χ2v) is 6.45. The number of amides is 1. The average molecular weight is 376 g/mol. The van der Waals surface area contributed by atoms with Gasteiger partial charge in [-0.15, -0.1) is 0 Å². The van der Waals surface area contributed by atoms with Crippen molar-refractivity contribution in [2.24, 2.45) is 7.05 Å². The van der Waals surface area contributed by atoms with Gasteiger partial charge >= 0.3 is 0 Å². The van der Waals surface area contributed by atoms with Crippen molar-refractivity contribution in [3.05, 3.63) is 74.1 Å². The molecule has 1 N–H and O–H groups in total. The molecule has 3 rings (SSSR count). The van der Waals surface area contributed by atoms with Crippen molar-refractivity contribution in [3.8, 4) is 0 Å². The zero-order valence-electron chi connectivity index (χ0n) is 13.4. The summed E-state index contributed by atoms with van der Waals surface area (Å²) in [6.45, 7) is 0.290. The quantitative estimate of drug-likeness (QED) is 0.761. The Hall–Kier alpha value is -2.37. The topological polar surface area (TPSA) is 64.0 Å². The lowest BCUT2D eigenvalue weighted by Gasteiger charge is -2.10. The molecule has 0 saturated heterocycles. The number of fused-ring (bicyclic) bond motifs is 1. The van der Waals surface area contributed by atoms with Gasteiger partial charge in [0.1, 0.15) is 0 Å². The number of hydrogen-bond donors (Lipinski definition) is 1. The van der Waals surface area contributed by atoms with Crippen LogP contribution >= 0.6 is 23.2 Å². The van der Waals surface area contributed by atoms with Gasteiger partial charge in [-0.1, -0.05) is 47.5 Å². The maximum absolute atomic E-state index is 12.3. The van der Waals surface area contributed by atoms with E-state index in [0.29, 0.717) is 33.1 Å². The van der Waals surface area contributed by atoms with Crippen LogP contribution in [0.3, 0.4) is 0 Å². The van der Waals surface area contributed by atoms with E-state index in [-0.39, 0.29) is 17.9 Å². The first kappa shape index (κ1) is 17.5. The summed E-state index contributed by atoms with van der Waals surface area (Å²) in [7, 11) is 1.57. The van der Waals surface area contributed by atoms with Crippen LogP contribution in [0.1, 0.15) is 11.3 Å².